The second-order valence-corrected chi connectivity index (χ2v) is 15.6. The van der Waals surface area contributed by atoms with E-state index in [-0.39, 0.29) is 6.10 Å². The molecule has 0 aliphatic carbocycles. The lowest BCUT2D eigenvalue weighted by Gasteiger charge is -2.37. The predicted molar refractivity (Wildman–Crippen MR) is 212 cm³/mol. The predicted octanol–water partition coefficient (Wildman–Crippen LogP) is 12.3. The summed E-state index contributed by atoms with van der Waals surface area (Å²) in [5, 5.41) is 0. The van der Waals surface area contributed by atoms with Crippen LogP contribution in [0.4, 0.5) is 0 Å². The molecule has 3 aromatic carbocycles. The van der Waals surface area contributed by atoms with Gasteiger partial charge in [-0.05, 0) is 60.7 Å². The number of unbranched alkanes of at least 4 members (excludes halogenated alkanes) is 15. The van der Waals surface area contributed by atoms with Gasteiger partial charge in [-0.25, -0.2) is 0 Å². The van der Waals surface area contributed by atoms with E-state index in [4.69, 9.17) is 23.5 Å². The van der Waals surface area contributed by atoms with E-state index in [1.165, 1.54) is 96.3 Å². The lowest BCUT2D eigenvalue weighted by molar-refractivity contribution is -0.0522. The second kappa shape index (κ2) is 25.5. The molecule has 0 amide bonds. The number of hydrogen-bond acceptors (Lipinski definition) is 5. The third kappa shape index (κ3) is 15.0. The maximum Gasteiger partial charge on any atom is 0.143 e. The standard InChI is InChI=1S/C44H67O5P/c1-6-7-8-9-10-11-12-13-14-15-16-17-18-19-20-24-35-47-36-43(49-50(4)5)37-48-44(38-25-22-21-23-26-38,39-27-31-41(45-2)32-28-39)40-29-33-42(46-3)34-30-40/h21-23,25-34,43H,6-20,24,35-37H2,1-5H3. The van der Waals surface area contributed by atoms with Gasteiger partial charge in [0.2, 0.25) is 0 Å². The number of rotatable bonds is 29. The zero-order valence-electron chi connectivity index (χ0n) is 32.0. The van der Waals surface area contributed by atoms with Crippen molar-refractivity contribution in [3.05, 3.63) is 95.6 Å². The summed E-state index contributed by atoms with van der Waals surface area (Å²) in [4.78, 5) is 0. The quantitative estimate of drug-likeness (QED) is 0.0408. The van der Waals surface area contributed by atoms with E-state index < -0.39 is 13.7 Å². The minimum atomic E-state index is -0.875. The van der Waals surface area contributed by atoms with Gasteiger partial charge in [-0.3, -0.25) is 0 Å². The molecule has 1 atom stereocenters. The molecule has 0 aliphatic heterocycles. The summed E-state index contributed by atoms with van der Waals surface area (Å²) >= 11 is 0. The fourth-order valence-corrected chi connectivity index (χ4v) is 7.38. The molecule has 3 rings (SSSR count). The minimum Gasteiger partial charge on any atom is -0.497 e. The largest absolute Gasteiger partial charge is 0.497 e. The van der Waals surface area contributed by atoms with Gasteiger partial charge in [0, 0.05) is 14.8 Å². The van der Waals surface area contributed by atoms with Crippen molar-refractivity contribution in [2.45, 2.75) is 121 Å². The lowest BCUT2D eigenvalue weighted by Crippen LogP contribution is -2.37. The summed E-state index contributed by atoms with van der Waals surface area (Å²) in [5.41, 5.74) is 2.19. The first-order chi connectivity index (χ1) is 24.5. The van der Waals surface area contributed by atoms with Crippen LogP contribution in [0.1, 0.15) is 126 Å². The van der Waals surface area contributed by atoms with Crippen molar-refractivity contribution in [2.75, 3.05) is 47.4 Å². The smallest absolute Gasteiger partial charge is 0.143 e. The van der Waals surface area contributed by atoms with Crippen LogP contribution in [0.5, 0.6) is 11.5 Å². The van der Waals surface area contributed by atoms with Crippen LogP contribution in [-0.2, 0) is 19.6 Å². The van der Waals surface area contributed by atoms with Gasteiger partial charge < -0.3 is 23.5 Å². The highest BCUT2D eigenvalue weighted by Gasteiger charge is 2.38. The molecule has 0 radical (unpaired) electrons. The Kier molecular flexibility index (Phi) is 21.4. The zero-order chi connectivity index (χ0) is 35.7. The summed E-state index contributed by atoms with van der Waals surface area (Å²) in [6.45, 7) is 8.20. The zero-order valence-corrected chi connectivity index (χ0v) is 32.9. The molecule has 0 saturated heterocycles. The van der Waals surface area contributed by atoms with Crippen molar-refractivity contribution in [1.29, 1.82) is 0 Å². The maximum atomic E-state index is 7.11. The highest BCUT2D eigenvalue weighted by Crippen LogP contribution is 2.42. The fourth-order valence-electron chi connectivity index (χ4n) is 6.67. The Labute approximate surface area is 306 Å². The summed E-state index contributed by atoms with van der Waals surface area (Å²) in [5.74, 6) is 1.61. The Hall–Kier alpha value is -2.43. The minimum absolute atomic E-state index is 0.184. The van der Waals surface area contributed by atoms with Gasteiger partial charge >= 0.3 is 0 Å². The first kappa shape index (κ1) is 42.0. The van der Waals surface area contributed by atoms with Crippen LogP contribution in [-0.4, -0.2) is 53.5 Å². The molecule has 0 aliphatic rings. The monoisotopic (exact) mass is 706 g/mol. The van der Waals surface area contributed by atoms with E-state index in [0.29, 0.717) is 13.2 Å². The highest BCUT2D eigenvalue weighted by molar-refractivity contribution is 7.50. The molecule has 6 heteroatoms. The van der Waals surface area contributed by atoms with Crippen LogP contribution in [0, 0.1) is 0 Å². The Bertz CT molecular complexity index is 1180. The summed E-state index contributed by atoms with van der Waals surface area (Å²) < 4.78 is 30.8. The topological polar surface area (TPSA) is 46.2 Å². The number of hydrogen-bond donors (Lipinski definition) is 0. The van der Waals surface area contributed by atoms with Gasteiger partial charge in [0.05, 0.1) is 27.4 Å². The van der Waals surface area contributed by atoms with Crippen molar-refractivity contribution in [1.82, 2.24) is 0 Å². The van der Waals surface area contributed by atoms with Gasteiger partial charge in [0.25, 0.3) is 0 Å². The highest BCUT2D eigenvalue weighted by atomic mass is 31.1. The van der Waals surface area contributed by atoms with E-state index in [0.717, 1.165) is 41.2 Å². The summed E-state index contributed by atoms with van der Waals surface area (Å²) in [6.07, 6.45) is 21.7. The molecule has 0 saturated carbocycles. The Morgan fingerprint density at radius 2 is 0.940 bits per heavy atom. The molecule has 1 unspecified atom stereocenters. The van der Waals surface area contributed by atoms with Crippen LogP contribution in [0.3, 0.4) is 0 Å². The third-order valence-corrected chi connectivity index (χ3v) is 10.2. The fraction of sp³-hybridized carbons (Fsp3) is 0.591. The molecule has 5 nitrogen and oxygen atoms in total. The first-order valence-electron chi connectivity index (χ1n) is 19.4. The van der Waals surface area contributed by atoms with Crippen LogP contribution in [0.25, 0.3) is 0 Å². The van der Waals surface area contributed by atoms with Crippen molar-refractivity contribution < 1.29 is 23.5 Å². The number of ether oxygens (including phenoxy) is 4. The lowest BCUT2D eigenvalue weighted by atomic mass is 9.80. The molecule has 3 aromatic rings. The normalized spacial score (nSPS) is 12.4. The van der Waals surface area contributed by atoms with Gasteiger partial charge in [-0.2, -0.15) is 0 Å². The Balaban J connectivity index is 1.49. The van der Waals surface area contributed by atoms with Crippen LogP contribution < -0.4 is 9.47 Å². The first-order valence-corrected chi connectivity index (χ1v) is 21.6. The SMILES string of the molecule is CCCCCCCCCCCCCCCCCCOCC(COC(c1ccccc1)(c1ccc(OC)cc1)c1ccc(OC)cc1)OP(C)C. The summed E-state index contributed by atoms with van der Waals surface area (Å²) in [6, 6.07) is 26.7. The van der Waals surface area contributed by atoms with E-state index in [2.05, 4.69) is 68.8 Å². The van der Waals surface area contributed by atoms with E-state index in [1.807, 2.05) is 30.3 Å². The van der Waals surface area contributed by atoms with Crippen molar-refractivity contribution in [2.24, 2.45) is 0 Å². The van der Waals surface area contributed by atoms with Gasteiger partial charge in [-0.1, -0.05) is 158 Å². The van der Waals surface area contributed by atoms with Crippen molar-refractivity contribution in [3.63, 3.8) is 0 Å². The molecule has 0 fully saturated rings. The molecule has 0 N–H and O–H groups in total. The molecule has 0 spiro atoms. The Morgan fingerprint density at radius 1 is 0.520 bits per heavy atom. The molecule has 50 heavy (non-hydrogen) atoms. The average Bonchev–Trinajstić information content (AvgIpc) is 3.15. The van der Waals surface area contributed by atoms with Crippen molar-refractivity contribution >= 4 is 8.15 Å². The van der Waals surface area contributed by atoms with E-state index in [1.54, 1.807) is 14.2 Å². The van der Waals surface area contributed by atoms with E-state index in [9.17, 15) is 0 Å². The van der Waals surface area contributed by atoms with Gasteiger partial charge in [-0.15, -0.1) is 0 Å². The average molecular weight is 707 g/mol. The van der Waals surface area contributed by atoms with Crippen LogP contribution in [0.15, 0.2) is 78.9 Å². The molecule has 0 bridgehead atoms. The number of methoxy groups -OCH3 is 2. The van der Waals surface area contributed by atoms with Gasteiger partial charge in [0.15, 0.2) is 0 Å². The summed E-state index contributed by atoms with van der Waals surface area (Å²) in [7, 11) is 2.78. The van der Waals surface area contributed by atoms with Crippen LogP contribution >= 0.6 is 8.15 Å². The third-order valence-electron chi connectivity index (χ3n) is 9.46. The molecule has 0 aromatic heterocycles. The number of benzene rings is 3. The van der Waals surface area contributed by atoms with Gasteiger partial charge in [0.1, 0.15) is 23.2 Å². The molecule has 278 valence electrons. The van der Waals surface area contributed by atoms with Crippen molar-refractivity contribution in [3.8, 4) is 11.5 Å². The maximum absolute atomic E-state index is 7.11. The van der Waals surface area contributed by atoms with E-state index >= 15 is 0 Å². The van der Waals surface area contributed by atoms with Crippen LogP contribution in [0.2, 0.25) is 0 Å². The molecular weight excluding hydrogens is 639 g/mol. The Morgan fingerprint density at radius 3 is 1.36 bits per heavy atom. The molecule has 0 heterocycles. The second-order valence-electron chi connectivity index (χ2n) is 13.7. The molecular formula is C44H67O5P.